The van der Waals surface area contributed by atoms with Gasteiger partial charge in [-0.3, -0.25) is 4.68 Å². The predicted molar refractivity (Wildman–Crippen MR) is 93.2 cm³/mol. The first-order chi connectivity index (χ1) is 13.1. The molecule has 0 bridgehead atoms. The number of nitrogens with two attached hydrogens (primary N) is 1. The molecule has 0 aliphatic rings. The van der Waals surface area contributed by atoms with Gasteiger partial charge in [0, 0.05) is 12.4 Å². The lowest BCUT2D eigenvalue weighted by molar-refractivity contribution is 0.122. The van der Waals surface area contributed by atoms with E-state index in [1.54, 1.807) is 24.5 Å². The maximum Gasteiger partial charge on any atom is 0.257 e. The second kappa shape index (κ2) is 8.33. The molecular formula is C18H16F2N6O. The van der Waals surface area contributed by atoms with Gasteiger partial charge in [0.2, 0.25) is 0 Å². The van der Waals surface area contributed by atoms with Crippen LogP contribution < -0.4 is 10.5 Å². The Labute approximate surface area is 154 Å². The Morgan fingerprint density at radius 3 is 2.67 bits per heavy atom. The van der Waals surface area contributed by atoms with E-state index in [-0.39, 0.29) is 5.75 Å². The lowest BCUT2D eigenvalue weighted by atomic mass is 10.1. The summed E-state index contributed by atoms with van der Waals surface area (Å²) in [5.41, 5.74) is 7.38. The monoisotopic (exact) mass is 370 g/mol. The van der Waals surface area contributed by atoms with Crippen LogP contribution in [0.3, 0.4) is 0 Å². The van der Waals surface area contributed by atoms with Crippen LogP contribution in [-0.4, -0.2) is 32.7 Å². The lowest BCUT2D eigenvalue weighted by Gasteiger charge is -2.10. The molecule has 2 heterocycles. The van der Waals surface area contributed by atoms with Crippen LogP contribution in [0.1, 0.15) is 11.1 Å². The van der Waals surface area contributed by atoms with Gasteiger partial charge in [0.25, 0.3) is 6.43 Å². The van der Waals surface area contributed by atoms with Crippen molar-refractivity contribution in [3.8, 4) is 29.0 Å². The number of alkyl halides is 2. The van der Waals surface area contributed by atoms with E-state index in [0.717, 1.165) is 10.2 Å². The number of nitriles is 1. The Balaban J connectivity index is 1.91. The summed E-state index contributed by atoms with van der Waals surface area (Å²) in [5.74, 6) is 1.01. The van der Waals surface area contributed by atoms with Crippen LogP contribution in [0.25, 0.3) is 11.4 Å². The molecule has 27 heavy (non-hydrogen) atoms. The fraction of sp³-hybridized carbons (Fsp3) is 0.222. The zero-order valence-electron chi connectivity index (χ0n) is 14.2. The molecule has 7 nitrogen and oxygen atoms in total. The van der Waals surface area contributed by atoms with Crippen LogP contribution in [0.4, 0.5) is 8.78 Å². The van der Waals surface area contributed by atoms with Gasteiger partial charge >= 0.3 is 0 Å². The second-order valence-electron chi connectivity index (χ2n) is 5.67. The van der Waals surface area contributed by atoms with Crippen molar-refractivity contribution in [3.05, 3.63) is 54.1 Å². The van der Waals surface area contributed by atoms with Gasteiger partial charge in [-0.15, -0.1) is 0 Å². The van der Waals surface area contributed by atoms with Gasteiger partial charge in [-0.2, -0.15) is 10.4 Å². The molecule has 2 aromatic heterocycles. The summed E-state index contributed by atoms with van der Waals surface area (Å²) >= 11 is 0. The zero-order chi connectivity index (χ0) is 19.2. The summed E-state index contributed by atoms with van der Waals surface area (Å²) in [6.07, 6.45) is 4.20. The number of aromatic nitrogens is 4. The Morgan fingerprint density at radius 2 is 2.00 bits per heavy atom. The van der Waals surface area contributed by atoms with Crippen molar-refractivity contribution in [3.63, 3.8) is 0 Å². The summed E-state index contributed by atoms with van der Waals surface area (Å²) in [6, 6.07) is 6.87. The SMILES string of the molecule is N#Cc1ccc(-c2ncc(CCN)cn2)c(Oc2cnn(CC(F)F)c2)c1. The largest absolute Gasteiger partial charge is 0.453 e. The van der Waals surface area contributed by atoms with Crippen molar-refractivity contribution in [1.82, 2.24) is 19.7 Å². The first-order valence-electron chi connectivity index (χ1n) is 8.13. The molecule has 0 spiro atoms. The smallest absolute Gasteiger partial charge is 0.257 e. The van der Waals surface area contributed by atoms with E-state index in [1.807, 2.05) is 6.07 Å². The molecule has 0 amide bonds. The minimum atomic E-state index is -2.52. The molecule has 0 fully saturated rings. The van der Waals surface area contributed by atoms with Crippen LogP contribution in [0, 0.1) is 11.3 Å². The molecule has 0 aliphatic carbocycles. The average molecular weight is 370 g/mol. The summed E-state index contributed by atoms with van der Waals surface area (Å²) < 4.78 is 31.8. The summed E-state index contributed by atoms with van der Waals surface area (Å²) in [7, 11) is 0. The minimum Gasteiger partial charge on any atom is -0.453 e. The van der Waals surface area contributed by atoms with Crippen molar-refractivity contribution in [2.75, 3.05) is 6.54 Å². The third kappa shape index (κ3) is 4.62. The molecule has 3 aromatic rings. The molecule has 0 radical (unpaired) electrons. The first kappa shape index (κ1) is 18.4. The predicted octanol–water partition coefficient (Wildman–Crippen LogP) is 2.77. The quantitative estimate of drug-likeness (QED) is 0.686. The molecular weight excluding hydrogens is 354 g/mol. The van der Waals surface area contributed by atoms with Crippen molar-refractivity contribution in [1.29, 1.82) is 5.26 Å². The highest BCUT2D eigenvalue weighted by atomic mass is 19.3. The van der Waals surface area contributed by atoms with Crippen molar-refractivity contribution in [2.24, 2.45) is 5.73 Å². The van der Waals surface area contributed by atoms with Gasteiger partial charge in [0.15, 0.2) is 11.6 Å². The maximum absolute atomic E-state index is 12.5. The van der Waals surface area contributed by atoms with Crippen molar-refractivity contribution in [2.45, 2.75) is 19.4 Å². The molecule has 2 N–H and O–H groups in total. The van der Waals surface area contributed by atoms with Crippen LogP contribution in [0.5, 0.6) is 11.5 Å². The number of ether oxygens (including phenoxy) is 1. The molecule has 0 atom stereocenters. The zero-order valence-corrected chi connectivity index (χ0v) is 14.2. The van der Waals surface area contributed by atoms with Gasteiger partial charge in [-0.05, 0) is 36.7 Å². The molecule has 0 unspecified atom stereocenters. The van der Waals surface area contributed by atoms with Crippen LogP contribution in [-0.2, 0) is 13.0 Å². The number of halogens is 2. The van der Waals surface area contributed by atoms with Crippen molar-refractivity contribution < 1.29 is 13.5 Å². The molecule has 0 saturated carbocycles. The number of nitrogens with zero attached hydrogens (tertiary/aromatic N) is 5. The average Bonchev–Trinajstić information content (AvgIpc) is 3.09. The third-order valence-corrected chi connectivity index (χ3v) is 3.65. The topological polar surface area (TPSA) is 103 Å². The lowest BCUT2D eigenvalue weighted by Crippen LogP contribution is -2.06. The van der Waals surface area contributed by atoms with E-state index in [2.05, 4.69) is 15.1 Å². The van der Waals surface area contributed by atoms with E-state index < -0.39 is 13.0 Å². The normalized spacial score (nSPS) is 10.8. The summed E-state index contributed by atoms with van der Waals surface area (Å²) in [5, 5.41) is 13.0. The Kier molecular flexibility index (Phi) is 5.68. The number of hydrogen-bond acceptors (Lipinski definition) is 6. The highest BCUT2D eigenvalue weighted by molar-refractivity contribution is 5.66. The van der Waals surface area contributed by atoms with Gasteiger partial charge < -0.3 is 10.5 Å². The highest BCUT2D eigenvalue weighted by Gasteiger charge is 2.13. The highest BCUT2D eigenvalue weighted by Crippen LogP contribution is 2.32. The van der Waals surface area contributed by atoms with Gasteiger partial charge in [-0.1, -0.05) is 0 Å². The maximum atomic E-state index is 12.5. The molecule has 9 heteroatoms. The molecule has 0 aliphatic heterocycles. The van der Waals surface area contributed by atoms with Crippen molar-refractivity contribution >= 4 is 0 Å². The minimum absolute atomic E-state index is 0.270. The Hall–Kier alpha value is -3.38. The molecule has 138 valence electrons. The van der Waals surface area contributed by atoms with E-state index in [0.29, 0.717) is 35.7 Å². The summed E-state index contributed by atoms with van der Waals surface area (Å²) in [6.45, 7) is -0.0310. The van der Waals surface area contributed by atoms with Gasteiger partial charge in [-0.25, -0.2) is 18.7 Å². The van der Waals surface area contributed by atoms with Gasteiger partial charge in [0.1, 0.15) is 12.3 Å². The standard InChI is InChI=1S/C18H16F2N6O/c19-17(20)11-26-10-14(9-25-26)27-16-5-12(6-22)1-2-15(16)18-23-7-13(3-4-21)8-24-18/h1-2,5,7-10,17H,3-4,11,21H2. The Bertz CT molecular complexity index is 949. The second-order valence-corrected chi connectivity index (χ2v) is 5.67. The molecule has 0 saturated heterocycles. The summed E-state index contributed by atoms with van der Waals surface area (Å²) in [4.78, 5) is 8.64. The van der Waals surface area contributed by atoms with Gasteiger partial charge in [0.05, 0.1) is 29.6 Å². The Morgan fingerprint density at radius 1 is 1.22 bits per heavy atom. The van der Waals surface area contributed by atoms with E-state index in [4.69, 9.17) is 15.7 Å². The number of benzene rings is 1. The molecule has 1 aromatic carbocycles. The van der Waals surface area contributed by atoms with E-state index >= 15 is 0 Å². The fourth-order valence-electron chi connectivity index (χ4n) is 2.42. The first-order valence-corrected chi connectivity index (χ1v) is 8.13. The third-order valence-electron chi connectivity index (χ3n) is 3.65. The number of hydrogen-bond donors (Lipinski definition) is 1. The van der Waals surface area contributed by atoms with E-state index in [1.165, 1.54) is 18.5 Å². The fourth-order valence-corrected chi connectivity index (χ4v) is 2.42. The van der Waals surface area contributed by atoms with Crippen LogP contribution in [0.2, 0.25) is 0 Å². The van der Waals surface area contributed by atoms with E-state index in [9.17, 15) is 8.78 Å². The van der Waals surface area contributed by atoms with Crippen LogP contribution >= 0.6 is 0 Å². The number of rotatable bonds is 7. The van der Waals surface area contributed by atoms with Crippen LogP contribution in [0.15, 0.2) is 43.0 Å². The molecule has 3 rings (SSSR count).